The van der Waals surface area contributed by atoms with Gasteiger partial charge in [0.25, 0.3) is 0 Å². The molecule has 0 aliphatic heterocycles. The smallest absolute Gasteiger partial charge is 0.230 e. The Bertz CT molecular complexity index is 418. The second-order valence-electron chi connectivity index (χ2n) is 5.80. The summed E-state index contributed by atoms with van der Waals surface area (Å²) in [5.41, 5.74) is 5.44. The maximum Gasteiger partial charge on any atom is 0.230 e. The van der Waals surface area contributed by atoms with Gasteiger partial charge in [0.05, 0.1) is 5.41 Å². The average molecular weight is 252 g/mol. The van der Waals surface area contributed by atoms with Gasteiger partial charge in [-0.2, -0.15) is 0 Å². The lowest BCUT2D eigenvalue weighted by Crippen LogP contribution is -2.49. The van der Waals surface area contributed by atoms with Gasteiger partial charge in [-0.15, -0.1) is 0 Å². The van der Waals surface area contributed by atoms with Gasteiger partial charge in [-0.25, -0.2) is 4.39 Å². The van der Waals surface area contributed by atoms with E-state index in [0.717, 1.165) is 5.56 Å². The first-order valence-electron chi connectivity index (χ1n) is 5.96. The predicted molar refractivity (Wildman–Crippen MR) is 70.7 cm³/mol. The van der Waals surface area contributed by atoms with Crippen molar-refractivity contribution in [3.05, 3.63) is 35.6 Å². The van der Waals surface area contributed by atoms with Crippen LogP contribution in [-0.2, 0) is 10.2 Å². The topological polar surface area (TPSA) is 55.1 Å². The van der Waals surface area contributed by atoms with Gasteiger partial charge in [0, 0.05) is 12.1 Å². The van der Waals surface area contributed by atoms with Crippen LogP contribution >= 0.6 is 0 Å². The molecule has 1 rings (SSSR count). The zero-order valence-electron chi connectivity index (χ0n) is 11.4. The Kier molecular flexibility index (Phi) is 4.12. The van der Waals surface area contributed by atoms with Crippen molar-refractivity contribution >= 4 is 5.91 Å². The van der Waals surface area contributed by atoms with E-state index < -0.39 is 11.0 Å². The van der Waals surface area contributed by atoms with Crippen molar-refractivity contribution < 1.29 is 9.18 Å². The van der Waals surface area contributed by atoms with Crippen LogP contribution in [0, 0.1) is 5.82 Å². The van der Waals surface area contributed by atoms with Crippen molar-refractivity contribution in [3.8, 4) is 0 Å². The van der Waals surface area contributed by atoms with Gasteiger partial charge in [-0.05, 0) is 45.4 Å². The molecule has 3 nitrogen and oxygen atoms in total. The second-order valence-corrected chi connectivity index (χ2v) is 5.80. The van der Waals surface area contributed by atoms with E-state index >= 15 is 0 Å². The number of nitrogens with one attached hydrogen (secondary N) is 1. The van der Waals surface area contributed by atoms with Crippen molar-refractivity contribution in [1.29, 1.82) is 0 Å². The van der Waals surface area contributed by atoms with Crippen LogP contribution < -0.4 is 11.1 Å². The monoisotopic (exact) mass is 252 g/mol. The summed E-state index contributed by atoms with van der Waals surface area (Å²) in [6.45, 7) is 7.70. The van der Waals surface area contributed by atoms with E-state index in [1.54, 1.807) is 26.0 Å². The first kappa shape index (κ1) is 14.6. The highest BCUT2D eigenvalue weighted by Gasteiger charge is 2.30. The number of hydrogen-bond acceptors (Lipinski definition) is 2. The number of nitrogens with two attached hydrogens (primary N) is 1. The minimum Gasteiger partial charge on any atom is -0.354 e. The van der Waals surface area contributed by atoms with Crippen LogP contribution in [0.3, 0.4) is 0 Å². The number of benzene rings is 1. The highest BCUT2D eigenvalue weighted by molar-refractivity contribution is 5.87. The Morgan fingerprint density at radius 2 is 1.72 bits per heavy atom. The van der Waals surface area contributed by atoms with E-state index in [-0.39, 0.29) is 11.7 Å². The fourth-order valence-corrected chi connectivity index (χ4v) is 1.53. The molecule has 0 atom stereocenters. The Hall–Kier alpha value is -1.42. The lowest BCUT2D eigenvalue weighted by Gasteiger charge is -2.27. The standard InChI is InChI=1S/C14H21FN2O/c1-13(2,16)9-17-12(18)14(3,4)10-5-7-11(15)8-6-10/h5-8H,9,16H2,1-4H3,(H,17,18). The highest BCUT2D eigenvalue weighted by atomic mass is 19.1. The minimum absolute atomic E-state index is 0.118. The van der Waals surface area contributed by atoms with Crippen molar-refractivity contribution in [2.45, 2.75) is 38.6 Å². The molecule has 0 bridgehead atoms. The van der Waals surface area contributed by atoms with Crippen LogP contribution in [0.25, 0.3) is 0 Å². The summed E-state index contributed by atoms with van der Waals surface area (Å²) in [4.78, 5) is 12.1. The van der Waals surface area contributed by atoms with Crippen LogP contribution in [0.2, 0.25) is 0 Å². The largest absolute Gasteiger partial charge is 0.354 e. The third kappa shape index (κ3) is 3.81. The van der Waals surface area contributed by atoms with E-state index in [4.69, 9.17) is 5.73 Å². The molecule has 0 saturated carbocycles. The van der Waals surface area contributed by atoms with Gasteiger partial charge in [-0.1, -0.05) is 12.1 Å². The number of carbonyl (C=O) groups excluding carboxylic acids is 1. The summed E-state index contributed by atoms with van der Waals surface area (Å²) in [5.74, 6) is -0.425. The molecule has 0 aromatic heterocycles. The van der Waals surface area contributed by atoms with E-state index in [9.17, 15) is 9.18 Å². The highest BCUT2D eigenvalue weighted by Crippen LogP contribution is 2.23. The maximum atomic E-state index is 12.9. The van der Waals surface area contributed by atoms with Crippen molar-refractivity contribution in [1.82, 2.24) is 5.32 Å². The van der Waals surface area contributed by atoms with Crippen LogP contribution in [0.1, 0.15) is 33.3 Å². The maximum absolute atomic E-state index is 12.9. The lowest BCUT2D eigenvalue weighted by molar-refractivity contribution is -0.125. The normalized spacial score (nSPS) is 12.3. The Balaban J connectivity index is 2.79. The Morgan fingerprint density at radius 1 is 1.22 bits per heavy atom. The summed E-state index contributed by atoms with van der Waals surface area (Å²) >= 11 is 0. The molecule has 1 aromatic rings. The van der Waals surface area contributed by atoms with E-state index in [0.29, 0.717) is 6.54 Å². The van der Waals surface area contributed by atoms with Gasteiger partial charge in [0.1, 0.15) is 5.82 Å². The molecule has 0 heterocycles. The third-order valence-corrected chi connectivity index (χ3v) is 2.84. The number of amides is 1. The number of carbonyl (C=O) groups is 1. The van der Waals surface area contributed by atoms with Crippen molar-refractivity contribution in [2.75, 3.05) is 6.54 Å². The summed E-state index contributed by atoms with van der Waals surface area (Å²) in [6, 6.07) is 5.97. The molecule has 3 N–H and O–H groups in total. The minimum atomic E-state index is -0.709. The summed E-state index contributed by atoms with van der Waals surface area (Å²) in [6.07, 6.45) is 0. The average Bonchev–Trinajstić information content (AvgIpc) is 2.25. The van der Waals surface area contributed by atoms with Crippen LogP contribution in [0.15, 0.2) is 24.3 Å². The van der Waals surface area contributed by atoms with Crippen LogP contribution in [-0.4, -0.2) is 18.0 Å². The number of hydrogen-bond donors (Lipinski definition) is 2. The molecular formula is C14H21FN2O. The number of halogens is 1. The quantitative estimate of drug-likeness (QED) is 0.860. The molecule has 0 aliphatic carbocycles. The molecule has 0 radical (unpaired) electrons. The van der Waals surface area contributed by atoms with Gasteiger partial charge in [0.15, 0.2) is 0 Å². The molecule has 0 unspecified atom stereocenters. The van der Waals surface area contributed by atoms with Crippen LogP contribution in [0.5, 0.6) is 0 Å². The second kappa shape index (κ2) is 5.06. The molecule has 18 heavy (non-hydrogen) atoms. The molecule has 0 saturated heterocycles. The fraction of sp³-hybridized carbons (Fsp3) is 0.500. The van der Waals surface area contributed by atoms with Gasteiger partial charge in [0.2, 0.25) is 5.91 Å². The molecule has 100 valence electrons. The van der Waals surface area contributed by atoms with Gasteiger partial charge < -0.3 is 11.1 Å². The SMILES string of the molecule is CC(C)(N)CNC(=O)C(C)(C)c1ccc(F)cc1. The van der Waals surface area contributed by atoms with Crippen LogP contribution in [0.4, 0.5) is 4.39 Å². The molecule has 4 heteroatoms. The predicted octanol–water partition coefficient (Wildman–Crippen LogP) is 1.96. The van der Waals surface area contributed by atoms with Gasteiger partial charge in [-0.3, -0.25) is 4.79 Å². The first-order chi connectivity index (χ1) is 8.13. The zero-order valence-corrected chi connectivity index (χ0v) is 11.4. The Labute approximate surface area is 108 Å². The molecular weight excluding hydrogens is 231 g/mol. The van der Waals surface area contributed by atoms with E-state index in [2.05, 4.69) is 5.32 Å². The summed E-state index contributed by atoms with van der Waals surface area (Å²) in [5, 5.41) is 2.82. The molecule has 1 aromatic carbocycles. The van der Waals surface area contributed by atoms with E-state index in [1.165, 1.54) is 12.1 Å². The molecule has 1 amide bonds. The Morgan fingerprint density at radius 3 is 2.17 bits per heavy atom. The van der Waals surface area contributed by atoms with Crippen molar-refractivity contribution in [2.24, 2.45) is 5.73 Å². The zero-order chi connectivity index (χ0) is 14.0. The molecule has 0 aliphatic rings. The molecule has 0 fully saturated rings. The summed E-state index contributed by atoms with van der Waals surface area (Å²) in [7, 11) is 0. The first-order valence-corrected chi connectivity index (χ1v) is 5.96. The molecule has 0 spiro atoms. The van der Waals surface area contributed by atoms with Crippen molar-refractivity contribution in [3.63, 3.8) is 0 Å². The number of rotatable bonds is 4. The third-order valence-electron chi connectivity index (χ3n) is 2.84. The van der Waals surface area contributed by atoms with E-state index in [1.807, 2.05) is 13.8 Å². The van der Waals surface area contributed by atoms with Gasteiger partial charge >= 0.3 is 0 Å². The summed E-state index contributed by atoms with van der Waals surface area (Å²) < 4.78 is 12.9. The lowest BCUT2D eigenvalue weighted by atomic mass is 9.83. The fourth-order valence-electron chi connectivity index (χ4n) is 1.53.